The molecule has 0 spiro atoms. The molecule has 0 saturated carbocycles. The maximum Gasteiger partial charge on any atom is 0.131 e. The number of rotatable bonds is 7. The number of hydrogen-bond acceptors (Lipinski definition) is 3. The third kappa shape index (κ3) is 3.50. The molecule has 0 aliphatic rings. The van der Waals surface area contributed by atoms with Crippen LogP contribution in [0.3, 0.4) is 0 Å². The summed E-state index contributed by atoms with van der Waals surface area (Å²) in [6.45, 7) is 6.01. The van der Waals surface area contributed by atoms with E-state index in [0.717, 1.165) is 29.7 Å². The zero-order chi connectivity index (χ0) is 14.4. The first-order valence-corrected chi connectivity index (χ1v) is 7.21. The second-order valence-electron chi connectivity index (χ2n) is 4.95. The van der Waals surface area contributed by atoms with Gasteiger partial charge in [0, 0.05) is 23.6 Å². The van der Waals surface area contributed by atoms with E-state index in [-0.39, 0.29) is 6.04 Å². The van der Waals surface area contributed by atoms with E-state index in [2.05, 4.69) is 31.2 Å². The van der Waals surface area contributed by atoms with Crippen molar-refractivity contribution in [2.45, 2.75) is 26.3 Å². The molecule has 20 heavy (non-hydrogen) atoms. The number of nitrogens with two attached hydrogens (primary N) is 1. The largest absolute Gasteiger partial charge is 0.490 e. The predicted octanol–water partition coefficient (Wildman–Crippen LogP) is 3.66. The Morgan fingerprint density at radius 1 is 1.05 bits per heavy atom. The highest BCUT2D eigenvalue weighted by molar-refractivity contribution is 5.89. The van der Waals surface area contributed by atoms with Crippen LogP contribution in [0.15, 0.2) is 36.4 Å². The Morgan fingerprint density at radius 3 is 2.60 bits per heavy atom. The van der Waals surface area contributed by atoms with Crippen molar-refractivity contribution in [1.82, 2.24) is 0 Å². The molecule has 108 valence electrons. The van der Waals surface area contributed by atoms with E-state index in [4.69, 9.17) is 15.2 Å². The van der Waals surface area contributed by atoms with Crippen LogP contribution in [-0.4, -0.2) is 19.8 Å². The van der Waals surface area contributed by atoms with Gasteiger partial charge >= 0.3 is 0 Å². The van der Waals surface area contributed by atoms with Gasteiger partial charge in [0.25, 0.3) is 0 Å². The number of hydrogen-bond donors (Lipinski definition) is 1. The van der Waals surface area contributed by atoms with E-state index in [1.807, 2.05) is 19.1 Å². The van der Waals surface area contributed by atoms with Gasteiger partial charge in [-0.25, -0.2) is 0 Å². The summed E-state index contributed by atoms with van der Waals surface area (Å²) in [4.78, 5) is 0. The smallest absolute Gasteiger partial charge is 0.131 e. The Balaban J connectivity index is 2.21. The van der Waals surface area contributed by atoms with Gasteiger partial charge in [-0.1, -0.05) is 43.3 Å². The third-order valence-corrected chi connectivity index (χ3v) is 3.22. The van der Waals surface area contributed by atoms with Crippen LogP contribution in [0, 0.1) is 0 Å². The second-order valence-corrected chi connectivity index (χ2v) is 4.95. The minimum atomic E-state index is -0.0498. The number of ether oxygens (including phenoxy) is 2. The summed E-state index contributed by atoms with van der Waals surface area (Å²) in [6.07, 6.45) is 1.03. The van der Waals surface area contributed by atoms with Crippen LogP contribution in [0.1, 0.15) is 31.9 Å². The molecule has 0 fully saturated rings. The fourth-order valence-electron chi connectivity index (χ4n) is 2.23. The first-order valence-electron chi connectivity index (χ1n) is 7.21. The lowest BCUT2D eigenvalue weighted by Crippen LogP contribution is -2.12. The molecule has 2 aromatic carbocycles. The molecule has 2 N–H and O–H groups in total. The van der Waals surface area contributed by atoms with Gasteiger partial charge in [0.1, 0.15) is 12.4 Å². The zero-order valence-corrected chi connectivity index (χ0v) is 12.3. The molecule has 2 aromatic rings. The van der Waals surface area contributed by atoms with Crippen molar-refractivity contribution in [2.75, 3.05) is 19.8 Å². The third-order valence-electron chi connectivity index (χ3n) is 3.22. The van der Waals surface area contributed by atoms with Crippen molar-refractivity contribution in [2.24, 2.45) is 5.73 Å². The van der Waals surface area contributed by atoms with Crippen molar-refractivity contribution in [3.05, 3.63) is 42.0 Å². The first kappa shape index (κ1) is 14.8. The number of fused-ring (bicyclic) bond motifs is 1. The summed E-state index contributed by atoms with van der Waals surface area (Å²) in [5, 5.41) is 2.28. The standard InChI is InChI=1S/C17H23NO2/c1-3-10-19-11-12-20-17-15(13(2)18)9-8-14-6-4-5-7-16(14)17/h4-9,13H,3,10-12,18H2,1-2H3/t13-/m1/s1. The molecular formula is C17H23NO2. The van der Waals surface area contributed by atoms with E-state index in [9.17, 15) is 0 Å². The topological polar surface area (TPSA) is 44.5 Å². The maximum absolute atomic E-state index is 6.05. The summed E-state index contributed by atoms with van der Waals surface area (Å²) < 4.78 is 11.4. The monoisotopic (exact) mass is 273 g/mol. The maximum atomic E-state index is 6.05. The average Bonchev–Trinajstić information content (AvgIpc) is 2.46. The summed E-state index contributed by atoms with van der Waals surface area (Å²) in [5.74, 6) is 0.887. The molecule has 3 nitrogen and oxygen atoms in total. The van der Waals surface area contributed by atoms with E-state index < -0.39 is 0 Å². The summed E-state index contributed by atoms with van der Waals surface area (Å²) in [7, 11) is 0. The van der Waals surface area contributed by atoms with Gasteiger partial charge in [0.05, 0.1) is 6.61 Å². The Labute approximate surface area is 120 Å². The Hall–Kier alpha value is -1.58. The molecule has 0 radical (unpaired) electrons. The van der Waals surface area contributed by atoms with Crippen LogP contribution in [0.2, 0.25) is 0 Å². The number of benzene rings is 2. The minimum Gasteiger partial charge on any atom is -0.490 e. The molecule has 3 heteroatoms. The van der Waals surface area contributed by atoms with E-state index in [1.165, 1.54) is 5.39 Å². The highest BCUT2D eigenvalue weighted by Crippen LogP contribution is 2.32. The summed E-state index contributed by atoms with van der Waals surface area (Å²) in [5.41, 5.74) is 7.09. The Bertz CT molecular complexity index is 552. The van der Waals surface area contributed by atoms with Crippen LogP contribution < -0.4 is 10.5 Å². The van der Waals surface area contributed by atoms with Crippen LogP contribution >= 0.6 is 0 Å². The van der Waals surface area contributed by atoms with Crippen LogP contribution in [0.5, 0.6) is 5.75 Å². The normalized spacial score (nSPS) is 12.6. The lowest BCUT2D eigenvalue weighted by molar-refractivity contribution is 0.101. The molecular weight excluding hydrogens is 250 g/mol. The summed E-state index contributed by atoms with van der Waals surface area (Å²) in [6, 6.07) is 12.3. The van der Waals surface area contributed by atoms with Crippen LogP contribution in [0.4, 0.5) is 0 Å². The van der Waals surface area contributed by atoms with Crippen LogP contribution in [0.25, 0.3) is 10.8 Å². The van der Waals surface area contributed by atoms with Gasteiger partial charge in [0.2, 0.25) is 0 Å². The van der Waals surface area contributed by atoms with Gasteiger partial charge < -0.3 is 15.2 Å². The average molecular weight is 273 g/mol. The Morgan fingerprint density at radius 2 is 1.85 bits per heavy atom. The van der Waals surface area contributed by atoms with Gasteiger partial charge in [0.15, 0.2) is 0 Å². The molecule has 0 unspecified atom stereocenters. The van der Waals surface area contributed by atoms with Gasteiger partial charge in [-0.15, -0.1) is 0 Å². The molecule has 2 rings (SSSR count). The first-order chi connectivity index (χ1) is 9.74. The molecule has 0 bridgehead atoms. The van der Waals surface area contributed by atoms with E-state index in [0.29, 0.717) is 13.2 Å². The predicted molar refractivity (Wildman–Crippen MR) is 83.2 cm³/mol. The van der Waals surface area contributed by atoms with Crippen molar-refractivity contribution in [1.29, 1.82) is 0 Å². The van der Waals surface area contributed by atoms with Crippen LogP contribution in [-0.2, 0) is 4.74 Å². The molecule has 0 saturated heterocycles. The van der Waals surface area contributed by atoms with E-state index in [1.54, 1.807) is 0 Å². The quantitative estimate of drug-likeness (QED) is 0.783. The second kappa shape index (κ2) is 7.27. The van der Waals surface area contributed by atoms with Crippen molar-refractivity contribution in [3.63, 3.8) is 0 Å². The minimum absolute atomic E-state index is 0.0498. The van der Waals surface area contributed by atoms with Gasteiger partial charge in [-0.2, -0.15) is 0 Å². The van der Waals surface area contributed by atoms with Gasteiger partial charge in [-0.3, -0.25) is 0 Å². The van der Waals surface area contributed by atoms with Crippen molar-refractivity contribution >= 4 is 10.8 Å². The zero-order valence-electron chi connectivity index (χ0n) is 12.3. The summed E-state index contributed by atoms with van der Waals surface area (Å²) >= 11 is 0. The molecule has 0 amide bonds. The van der Waals surface area contributed by atoms with E-state index >= 15 is 0 Å². The Kier molecular flexibility index (Phi) is 5.39. The fraction of sp³-hybridized carbons (Fsp3) is 0.412. The molecule has 1 atom stereocenters. The molecule has 0 aliphatic carbocycles. The SMILES string of the molecule is CCCOCCOc1c([C@@H](C)N)ccc2ccccc12. The molecule has 0 aromatic heterocycles. The highest BCUT2D eigenvalue weighted by Gasteiger charge is 2.12. The lowest BCUT2D eigenvalue weighted by Gasteiger charge is -2.16. The lowest BCUT2D eigenvalue weighted by atomic mass is 10.0. The van der Waals surface area contributed by atoms with Crippen molar-refractivity contribution in [3.8, 4) is 5.75 Å². The van der Waals surface area contributed by atoms with Crippen molar-refractivity contribution < 1.29 is 9.47 Å². The molecule has 0 heterocycles. The highest BCUT2D eigenvalue weighted by atomic mass is 16.5. The fourth-order valence-corrected chi connectivity index (χ4v) is 2.23. The molecule has 0 aliphatic heterocycles. The van der Waals surface area contributed by atoms with Gasteiger partial charge in [-0.05, 0) is 18.7 Å².